The van der Waals surface area contributed by atoms with Gasteiger partial charge in [0.05, 0.1) is 13.1 Å². The highest BCUT2D eigenvalue weighted by atomic mass is 19.1. The predicted octanol–water partition coefficient (Wildman–Crippen LogP) is 1.90. The van der Waals surface area contributed by atoms with Crippen molar-refractivity contribution in [2.75, 3.05) is 13.1 Å². The topological polar surface area (TPSA) is 52.7 Å². The third kappa shape index (κ3) is 1.25. The Kier molecular flexibility index (Phi) is 2.07. The van der Waals surface area contributed by atoms with E-state index >= 15 is 0 Å². The quantitative estimate of drug-likeness (QED) is 0.442. The smallest absolute Gasteiger partial charge is 0.296 e. The van der Waals surface area contributed by atoms with E-state index in [1.807, 2.05) is 0 Å². The average Bonchev–Trinajstić information content (AvgIpc) is 3.14. The molecule has 4 aliphatic heterocycles. The van der Waals surface area contributed by atoms with Gasteiger partial charge in [-0.3, -0.25) is 9.53 Å². The molecule has 0 N–H and O–H groups in total. The Hall–Kier alpha value is -1.30. The Labute approximate surface area is 109 Å². The molecule has 4 fully saturated rings. The van der Waals surface area contributed by atoms with Crippen LogP contribution in [-0.4, -0.2) is 29.2 Å². The molecule has 4 saturated heterocycles. The van der Waals surface area contributed by atoms with Crippen molar-refractivity contribution in [3.63, 3.8) is 0 Å². The second kappa shape index (κ2) is 3.42. The van der Waals surface area contributed by atoms with Crippen LogP contribution in [0.5, 0.6) is 0 Å². The number of hydrogen-bond acceptors (Lipinski definition) is 3. The molecule has 1 spiro atoms. The van der Waals surface area contributed by atoms with Crippen LogP contribution in [0.25, 0.3) is 0 Å². The van der Waals surface area contributed by atoms with Crippen molar-refractivity contribution >= 4 is 5.78 Å². The van der Waals surface area contributed by atoms with Gasteiger partial charge >= 0.3 is 0 Å². The summed E-state index contributed by atoms with van der Waals surface area (Å²) in [6.07, 6.45) is 0.566. The highest BCUT2D eigenvalue weighted by Crippen LogP contribution is 2.61. The van der Waals surface area contributed by atoms with Crippen LogP contribution in [0.2, 0.25) is 0 Å². The van der Waals surface area contributed by atoms with Gasteiger partial charge in [-0.1, -0.05) is 18.2 Å². The van der Waals surface area contributed by atoms with Crippen LogP contribution in [0.3, 0.4) is 0 Å². The maximum Gasteiger partial charge on any atom is 0.296 e. The second-order valence-electron chi connectivity index (χ2n) is 5.69. The van der Waals surface area contributed by atoms with E-state index in [1.54, 1.807) is 18.2 Å². The molecule has 4 aliphatic rings. The first-order valence-corrected chi connectivity index (χ1v) is 6.63. The maximum absolute atomic E-state index is 13.8. The number of hydroxylamine groups is 3. The van der Waals surface area contributed by atoms with E-state index in [-0.39, 0.29) is 11.7 Å². The summed E-state index contributed by atoms with van der Waals surface area (Å²) in [4.78, 5) is 12.4. The van der Waals surface area contributed by atoms with E-state index in [1.165, 1.54) is 6.07 Å². The summed E-state index contributed by atoms with van der Waals surface area (Å²) < 4.78 is 18.7. The van der Waals surface area contributed by atoms with Crippen LogP contribution in [-0.2, 0) is 9.53 Å². The third-order valence-electron chi connectivity index (χ3n) is 4.79. The van der Waals surface area contributed by atoms with Crippen molar-refractivity contribution in [1.29, 1.82) is 0 Å². The SMILES string of the molecule is O=C1C2CC[N+]([O-])(CC2)[C@]12O[C@H]2c1ccccc1F. The number of rotatable bonds is 1. The van der Waals surface area contributed by atoms with Crippen LogP contribution in [0.15, 0.2) is 24.3 Å². The Morgan fingerprint density at radius 3 is 2.63 bits per heavy atom. The summed E-state index contributed by atoms with van der Waals surface area (Å²) >= 11 is 0. The van der Waals surface area contributed by atoms with Gasteiger partial charge < -0.3 is 9.85 Å². The summed E-state index contributed by atoms with van der Waals surface area (Å²) in [6.45, 7) is 0.808. The zero-order chi connectivity index (χ0) is 13.3. The normalized spacial score (nSPS) is 43.8. The first-order valence-electron chi connectivity index (χ1n) is 6.63. The molecule has 0 saturated carbocycles. The Morgan fingerprint density at radius 1 is 1.32 bits per heavy atom. The van der Waals surface area contributed by atoms with Crippen molar-refractivity contribution in [1.82, 2.24) is 0 Å². The second-order valence-corrected chi connectivity index (χ2v) is 5.69. The lowest BCUT2D eigenvalue weighted by atomic mass is 9.79. The number of benzene rings is 1. The summed E-state index contributed by atoms with van der Waals surface area (Å²) in [5.41, 5.74) is -1.01. The van der Waals surface area contributed by atoms with Gasteiger partial charge in [-0.15, -0.1) is 0 Å². The lowest BCUT2D eigenvalue weighted by molar-refractivity contribution is -0.929. The summed E-state index contributed by atoms with van der Waals surface area (Å²) in [5.74, 6) is -0.606. The van der Waals surface area contributed by atoms with E-state index in [2.05, 4.69) is 0 Å². The van der Waals surface area contributed by atoms with E-state index in [0.717, 1.165) is 0 Å². The van der Waals surface area contributed by atoms with Crippen molar-refractivity contribution in [2.24, 2.45) is 5.92 Å². The number of quaternary nitrogens is 1. The van der Waals surface area contributed by atoms with Gasteiger partial charge in [0.2, 0.25) is 5.78 Å². The number of piperidine rings is 3. The zero-order valence-corrected chi connectivity index (χ0v) is 10.3. The molecule has 2 atom stereocenters. The van der Waals surface area contributed by atoms with Crippen LogP contribution in [0.4, 0.5) is 4.39 Å². The Morgan fingerprint density at radius 2 is 2.00 bits per heavy atom. The first kappa shape index (κ1) is 11.5. The third-order valence-corrected chi connectivity index (χ3v) is 4.79. The highest BCUT2D eigenvalue weighted by molar-refractivity contribution is 5.92. The van der Waals surface area contributed by atoms with Crippen LogP contribution >= 0.6 is 0 Å². The van der Waals surface area contributed by atoms with E-state index in [0.29, 0.717) is 31.5 Å². The Bertz CT molecular complexity index is 568. The molecule has 4 heterocycles. The predicted molar refractivity (Wildman–Crippen MR) is 64.0 cm³/mol. The summed E-state index contributed by atoms with van der Waals surface area (Å²) in [6, 6.07) is 6.21. The lowest BCUT2D eigenvalue weighted by Gasteiger charge is -2.55. The number of hydrogen-bond donors (Lipinski definition) is 0. The molecule has 5 rings (SSSR count). The molecule has 2 bridgehead atoms. The largest absolute Gasteiger partial charge is 0.630 e. The Balaban J connectivity index is 1.77. The zero-order valence-electron chi connectivity index (χ0n) is 10.3. The fourth-order valence-corrected chi connectivity index (χ4v) is 3.68. The van der Waals surface area contributed by atoms with Crippen LogP contribution in [0.1, 0.15) is 24.5 Å². The molecule has 0 radical (unpaired) electrons. The number of ether oxygens (including phenoxy) is 1. The molecule has 5 heteroatoms. The minimum atomic E-state index is -1.34. The maximum atomic E-state index is 13.8. The number of epoxide rings is 1. The lowest BCUT2D eigenvalue weighted by Crippen LogP contribution is -2.68. The molecule has 19 heavy (non-hydrogen) atoms. The molecule has 0 aromatic heterocycles. The molecule has 0 aliphatic carbocycles. The molecular weight excluding hydrogens is 249 g/mol. The van der Waals surface area contributed by atoms with Gasteiger partial charge in [0.1, 0.15) is 5.82 Å². The van der Waals surface area contributed by atoms with Crippen molar-refractivity contribution < 1.29 is 18.6 Å². The van der Waals surface area contributed by atoms with E-state index < -0.39 is 22.3 Å². The summed E-state index contributed by atoms with van der Waals surface area (Å²) in [7, 11) is 0. The fraction of sp³-hybridized carbons (Fsp3) is 0.500. The van der Waals surface area contributed by atoms with Gasteiger partial charge in [-0.2, -0.15) is 0 Å². The minimum Gasteiger partial charge on any atom is -0.630 e. The number of fused-ring (bicyclic) bond motifs is 2. The molecule has 1 aromatic rings. The molecule has 100 valence electrons. The van der Waals surface area contributed by atoms with Gasteiger partial charge in [0, 0.05) is 24.3 Å². The van der Waals surface area contributed by atoms with Crippen LogP contribution in [0, 0.1) is 16.9 Å². The summed E-state index contributed by atoms with van der Waals surface area (Å²) in [5, 5.41) is 12.8. The molecule has 4 nitrogen and oxygen atoms in total. The average molecular weight is 263 g/mol. The van der Waals surface area contributed by atoms with E-state index in [4.69, 9.17) is 4.74 Å². The number of carbonyl (C=O) groups is 1. The fourth-order valence-electron chi connectivity index (χ4n) is 3.68. The number of carbonyl (C=O) groups excluding carboxylic acids is 1. The highest BCUT2D eigenvalue weighted by Gasteiger charge is 2.78. The molecule has 1 aromatic carbocycles. The number of Topliss-reactive ketones (excluding diaryl/α,β-unsaturated/α-hetero) is 1. The van der Waals surface area contributed by atoms with E-state index in [9.17, 15) is 14.4 Å². The number of nitrogens with zero attached hydrogens (tertiary/aromatic N) is 1. The standard InChI is InChI=1S/C14H14FNO3/c15-11-4-2-1-3-10(11)13-14(19-13)12(17)9-5-7-16(14,18)8-6-9/h1-4,9,13H,5-8H2/t9?,13-,14-,16?/m0/s1. The molecule has 0 unspecified atom stereocenters. The van der Waals surface area contributed by atoms with Gasteiger partial charge in [0.25, 0.3) is 5.72 Å². The van der Waals surface area contributed by atoms with Crippen molar-refractivity contribution in [2.45, 2.75) is 24.7 Å². The first-order chi connectivity index (χ1) is 9.08. The number of halogens is 1. The van der Waals surface area contributed by atoms with Crippen molar-refractivity contribution in [3.8, 4) is 0 Å². The monoisotopic (exact) mass is 263 g/mol. The van der Waals surface area contributed by atoms with Gasteiger partial charge in [-0.05, 0) is 6.07 Å². The van der Waals surface area contributed by atoms with Gasteiger partial charge in [-0.25, -0.2) is 4.39 Å². The molecule has 0 amide bonds. The molecular formula is C14H14FNO3. The number of ketones is 1. The van der Waals surface area contributed by atoms with Gasteiger partial charge in [0.15, 0.2) is 6.10 Å². The minimum absolute atomic E-state index is 0.0780. The van der Waals surface area contributed by atoms with Crippen molar-refractivity contribution in [3.05, 3.63) is 40.9 Å². The van der Waals surface area contributed by atoms with Crippen LogP contribution < -0.4 is 0 Å².